The summed E-state index contributed by atoms with van der Waals surface area (Å²) in [6.45, 7) is 4.25. The second-order valence-corrected chi connectivity index (χ2v) is 8.53. The van der Waals surface area contributed by atoms with Crippen molar-refractivity contribution in [2.45, 2.75) is 78.1 Å². The molecule has 142 valence electrons. The van der Waals surface area contributed by atoms with E-state index in [0.29, 0.717) is 0 Å². The van der Waals surface area contributed by atoms with Crippen molar-refractivity contribution in [2.75, 3.05) is 0 Å². The molecular weight excluding hydrogens is 328 g/mol. The fourth-order valence-electron chi connectivity index (χ4n) is 4.27. The smallest absolute Gasteiger partial charge is 0.309 e. The Hall–Kier alpha value is -1.84. The minimum atomic E-state index is -0.637. The van der Waals surface area contributed by atoms with Crippen molar-refractivity contribution in [3.05, 3.63) is 34.4 Å². The summed E-state index contributed by atoms with van der Waals surface area (Å²) >= 11 is 0. The first-order chi connectivity index (χ1) is 12.3. The number of rotatable bonds is 10. The summed E-state index contributed by atoms with van der Waals surface area (Å²) in [7, 11) is 0. The molecule has 0 aliphatic heterocycles. The van der Waals surface area contributed by atoms with E-state index in [9.17, 15) is 19.8 Å². The Labute approximate surface area is 155 Å². The molecule has 2 fully saturated rings. The molecule has 2 saturated carbocycles. The number of carbonyl (C=O) groups is 2. The largest absolute Gasteiger partial charge is 0.481 e. The molecule has 0 unspecified atom stereocenters. The van der Waals surface area contributed by atoms with Gasteiger partial charge in [-0.05, 0) is 100 Å². The van der Waals surface area contributed by atoms with Crippen LogP contribution in [0.4, 0.5) is 0 Å². The number of aryl methyl sites for hydroxylation is 2. The SMILES string of the molecule is Cc1ccc(C)c(CCCC2(C(=O)O)CC2)c1CCCC1(C(=O)O)CC1. The summed E-state index contributed by atoms with van der Waals surface area (Å²) in [5, 5.41) is 18.7. The molecule has 4 heteroatoms. The van der Waals surface area contributed by atoms with E-state index in [4.69, 9.17) is 0 Å². The van der Waals surface area contributed by atoms with Crippen molar-refractivity contribution in [1.82, 2.24) is 0 Å². The van der Waals surface area contributed by atoms with E-state index in [2.05, 4.69) is 26.0 Å². The van der Waals surface area contributed by atoms with Crippen LogP contribution in [-0.4, -0.2) is 22.2 Å². The quantitative estimate of drug-likeness (QED) is 0.637. The van der Waals surface area contributed by atoms with Gasteiger partial charge in [-0.3, -0.25) is 9.59 Å². The third-order valence-corrected chi connectivity index (χ3v) is 6.68. The summed E-state index contributed by atoms with van der Waals surface area (Å²) in [6, 6.07) is 4.30. The molecule has 2 N–H and O–H groups in total. The molecule has 0 aromatic heterocycles. The molecule has 26 heavy (non-hydrogen) atoms. The number of carboxylic acids is 2. The van der Waals surface area contributed by atoms with Crippen molar-refractivity contribution in [3.8, 4) is 0 Å². The highest BCUT2D eigenvalue weighted by Gasteiger charge is 2.50. The molecule has 4 nitrogen and oxygen atoms in total. The predicted octanol–water partition coefficient (Wildman–Crippen LogP) is 4.68. The maximum atomic E-state index is 11.4. The third kappa shape index (κ3) is 3.79. The van der Waals surface area contributed by atoms with Gasteiger partial charge in [-0.25, -0.2) is 0 Å². The van der Waals surface area contributed by atoms with Crippen LogP contribution in [0.1, 0.15) is 73.6 Å². The highest BCUT2D eigenvalue weighted by Crippen LogP contribution is 2.51. The number of carboxylic acid groups (broad SMARTS) is 2. The fraction of sp³-hybridized carbons (Fsp3) is 0.636. The zero-order valence-electron chi connectivity index (χ0n) is 15.9. The lowest BCUT2D eigenvalue weighted by atomic mass is 9.87. The second-order valence-electron chi connectivity index (χ2n) is 8.53. The average molecular weight is 358 g/mol. The molecule has 0 bridgehead atoms. The summed E-state index contributed by atoms with van der Waals surface area (Å²) in [4.78, 5) is 22.7. The zero-order valence-corrected chi connectivity index (χ0v) is 15.9. The fourth-order valence-corrected chi connectivity index (χ4v) is 4.27. The van der Waals surface area contributed by atoms with Gasteiger partial charge in [-0.15, -0.1) is 0 Å². The van der Waals surface area contributed by atoms with Crippen LogP contribution in [0.15, 0.2) is 12.1 Å². The molecule has 0 amide bonds. The molecule has 0 radical (unpaired) electrons. The van der Waals surface area contributed by atoms with Gasteiger partial charge >= 0.3 is 11.9 Å². The van der Waals surface area contributed by atoms with Crippen molar-refractivity contribution < 1.29 is 19.8 Å². The van der Waals surface area contributed by atoms with Crippen molar-refractivity contribution in [2.24, 2.45) is 10.8 Å². The van der Waals surface area contributed by atoms with Crippen molar-refractivity contribution in [1.29, 1.82) is 0 Å². The minimum Gasteiger partial charge on any atom is -0.481 e. The van der Waals surface area contributed by atoms with E-state index in [1.165, 1.54) is 22.3 Å². The first kappa shape index (κ1) is 18.9. The van der Waals surface area contributed by atoms with Crippen LogP contribution in [0.3, 0.4) is 0 Å². The molecule has 1 aromatic rings. The number of aliphatic carboxylic acids is 2. The maximum absolute atomic E-state index is 11.4. The Kier molecular flexibility index (Phi) is 5.14. The summed E-state index contributed by atoms with van der Waals surface area (Å²) in [5.41, 5.74) is 4.35. The molecule has 1 aromatic carbocycles. The predicted molar refractivity (Wildman–Crippen MR) is 100 cm³/mol. The summed E-state index contributed by atoms with van der Waals surface area (Å²) in [5.74, 6) is -1.27. The van der Waals surface area contributed by atoms with Gasteiger partial charge in [0.15, 0.2) is 0 Å². The Morgan fingerprint density at radius 1 is 0.808 bits per heavy atom. The first-order valence-corrected chi connectivity index (χ1v) is 9.84. The van der Waals surface area contributed by atoms with Crippen LogP contribution >= 0.6 is 0 Å². The van der Waals surface area contributed by atoms with Crippen molar-refractivity contribution >= 4 is 11.9 Å². The van der Waals surface area contributed by atoms with E-state index < -0.39 is 22.8 Å². The summed E-state index contributed by atoms with van der Waals surface area (Å²) < 4.78 is 0. The lowest BCUT2D eigenvalue weighted by Crippen LogP contribution is -2.15. The standard InChI is InChI=1S/C22H30O4/c1-15-7-8-16(2)18(6-4-10-22(13-14-22)20(25)26)17(15)5-3-9-21(11-12-21)19(23)24/h7-8H,3-6,9-14H2,1-2H3,(H,23,24)(H,25,26). The van der Waals surface area contributed by atoms with Gasteiger partial charge < -0.3 is 10.2 Å². The Morgan fingerprint density at radius 3 is 1.42 bits per heavy atom. The van der Waals surface area contributed by atoms with Gasteiger partial charge in [-0.2, -0.15) is 0 Å². The number of benzene rings is 1. The summed E-state index contributed by atoms with van der Waals surface area (Å²) in [6.07, 6.45) is 8.45. The topological polar surface area (TPSA) is 74.6 Å². The van der Waals surface area contributed by atoms with Crippen LogP contribution in [-0.2, 0) is 22.4 Å². The third-order valence-electron chi connectivity index (χ3n) is 6.68. The van der Waals surface area contributed by atoms with Gasteiger partial charge in [0.05, 0.1) is 10.8 Å². The van der Waals surface area contributed by atoms with Crippen LogP contribution in [0.2, 0.25) is 0 Å². The van der Waals surface area contributed by atoms with Crippen LogP contribution in [0, 0.1) is 24.7 Å². The Morgan fingerprint density at radius 2 is 1.15 bits per heavy atom. The Balaban J connectivity index is 1.62. The molecule has 0 heterocycles. The first-order valence-electron chi connectivity index (χ1n) is 9.84. The Bertz CT molecular complexity index is 650. The van der Waals surface area contributed by atoms with Gasteiger partial charge in [0, 0.05) is 0 Å². The lowest BCUT2D eigenvalue weighted by molar-refractivity contribution is -0.144. The zero-order chi connectivity index (χ0) is 18.9. The molecule has 0 atom stereocenters. The normalized spacial score (nSPS) is 19.2. The minimum absolute atomic E-state index is 0.447. The number of hydrogen-bond donors (Lipinski definition) is 2. The molecule has 0 saturated heterocycles. The maximum Gasteiger partial charge on any atom is 0.309 e. The van der Waals surface area contributed by atoms with Crippen LogP contribution in [0.5, 0.6) is 0 Å². The van der Waals surface area contributed by atoms with Gasteiger partial charge in [0.1, 0.15) is 0 Å². The van der Waals surface area contributed by atoms with Crippen LogP contribution < -0.4 is 0 Å². The lowest BCUT2D eigenvalue weighted by Gasteiger charge is -2.18. The van der Waals surface area contributed by atoms with Gasteiger partial charge in [0.25, 0.3) is 0 Å². The van der Waals surface area contributed by atoms with Gasteiger partial charge in [0.2, 0.25) is 0 Å². The van der Waals surface area contributed by atoms with E-state index >= 15 is 0 Å². The molecule has 3 rings (SSSR count). The van der Waals surface area contributed by atoms with Crippen molar-refractivity contribution in [3.63, 3.8) is 0 Å². The van der Waals surface area contributed by atoms with E-state index in [0.717, 1.165) is 64.2 Å². The second kappa shape index (κ2) is 7.05. The highest BCUT2D eigenvalue weighted by atomic mass is 16.4. The molecular formula is C22H30O4. The van der Waals surface area contributed by atoms with E-state index in [-0.39, 0.29) is 0 Å². The van der Waals surface area contributed by atoms with E-state index in [1.54, 1.807) is 0 Å². The molecule has 0 spiro atoms. The van der Waals surface area contributed by atoms with E-state index in [1.807, 2.05) is 0 Å². The number of hydrogen-bond acceptors (Lipinski definition) is 2. The molecule has 2 aliphatic carbocycles. The monoisotopic (exact) mass is 358 g/mol. The van der Waals surface area contributed by atoms with Gasteiger partial charge in [-0.1, -0.05) is 12.1 Å². The highest BCUT2D eigenvalue weighted by molar-refractivity contribution is 5.78. The average Bonchev–Trinajstić information content (AvgIpc) is 3.48. The molecule has 2 aliphatic rings. The van der Waals surface area contributed by atoms with Crippen LogP contribution in [0.25, 0.3) is 0 Å².